The number of amides is 1. The van der Waals surface area contributed by atoms with E-state index < -0.39 is 0 Å². The molecule has 32 heavy (non-hydrogen) atoms. The summed E-state index contributed by atoms with van der Waals surface area (Å²) >= 11 is 0. The molecule has 1 N–H and O–H groups in total. The second kappa shape index (κ2) is 10.3. The van der Waals surface area contributed by atoms with Crippen molar-refractivity contribution >= 4 is 28.8 Å². The Morgan fingerprint density at radius 2 is 1.91 bits per heavy atom. The number of carbonyl (C=O) groups excluding carboxylic acids is 1. The van der Waals surface area contributed by atoms with Crippen molar-refractivity contribution in [1.82, 2.24) is 4.98 Å². The van der Waals surface area contributed by atoms with E-state index in [1.165, 1.54) is 18.5 Å². The number of nitrogens with zero attached hydrogens (tertiary/aromatic N) is 3. The highest BCUT2D eigenvalue weighted by molar-refractivity contribution is 6.00. The number of alkyl halides is 1. The van der Waals surface area contributed by atoms with Crippen LogP contribution >= 0.6 is 0 Å². The number of halogens is 1. The summed E-state index contributed by atoms with van der Waals surface area (Å²) in [4.78, 5) is 22.7. The lowest BCUT2D eigenvalue weighted by Gasteiger charge is -2.32. The van der Waals surface area contributed by atoms with Gasteiger partial charge < -0.3 is 19.9 Å². The zero-order valence-corrected chi connectivity index (χ0v) is 19.0. The lowest BCUT2D eigenvalue weighted by Crippen LogP contribution is -2.38. The zero-order valence-electron chi connectivity index (χ0n) is 19.0. The monoisotopic (exact) mass is 442 g/mol. The number of ether oxygens (including phenoxy) is 1. The molecule has 1 aliphatic carbocycles. The molecule has 3 aliphatic rings. The number of anilines is 4. The summed E-state index contributed by atoms with van der Waals surface area (Å²) in [5.74, 6) is 1.12. The first-order valence-corrected chi connectivity index (χ1v) is 11.5. The van der Waals surface area contributed by atoms with Gasteiger partial charge in [0.15, 0.2) is 0 Å². The highest BCUT2D eigenvalue weighted by atomic mass is 19.1. The Morgan fingerprint density at radius 1 is 1.16 bits per heavy atom. The van der Waals surface area contributed by atoms with E-state index in [0.717, 1.165) is 61.5 Å². The maximum absolute atomic E-state index is 13.7. The summed E-state index contributed by atoms with van der Waals surface area (Å²) in [5, 5.41) is 3.48. The Kier molecular flexibility index (Phi) is 7.25. The molecule has 2 aromatic rings. The van der Waals surface area contributed by atoms with Gasteiger partial charge in [0.2, 0.25) is 5.91 Å². The third-order valence-corrected chi connectivity index (χ3v) is 6.84. The van der Waals surface area contributed by atoms with Crippen molar-refractivity contribution < 1.29 is 15.3 Å². The van der Waals surface area contributed by atoms with Gasteiger partial charge in [0.1, 0.15) is 5.82 Å². The molecule has 7 heteroatoms. The van der Waals surface area contributed by atoms with Crippen molar-refractivity contribution in [2.75, 3.05) is 42.5 Å². The van der Waals surface area contributed by atoms with Crippen molar-refractivity contribution in [2.45, 2.75) is 51.2 Å². The van der Waals surface area contributed by atoms with Crippen LogP contribution in [0.15, 0.2) is 36.5 Å². The van der Waals surface area contributed by atoms with E-state index >= 15 is 0 Å². The van der Waals surface area contributed by atoms with Crippen molar-refractivity contribution in [1.29, 1.82) is 0 Å². The average Bonchev–Trinajstić information content (AvgIpc) is 3.34. The minimum atomic E-state index is 0. The van der Waals surface area contributed by atoms with Crippen molar-refractivity contribution in [3.05, 3.63) is 42.1 Å². The van der Waals surface area contributed by atoms with Crippen molar-refractivity contribution in [3.63, 3.8) is 0 Å². The Morgan fingerprint density at radius 3 is 2.62 bits per heavy atom. The second-order valence-corrected chi connectivity index (χ2v) is 8.67. The van der Waals surface area contributed by atoms with Crippen molar-refractivity contribution in [3.8, 4) is 0 Å². The van der Waals surface area contributed by atoms with Gasteiger partial charge in [0, 0.05) is 45.0 Å². The van der Waals surface area contributed by atoms with Gasteiger partial charge in [-0.3, -0.25) is 9.18 Å². The average molecular weight is 443 g/mol. The minimum absolute atomic E-state index is 0. The van der Waals surface area contributed by atoms with E-state index in [-0.39, 0.29) is 13.3 Å². The first-order valence-electron chi connectivity index (χ1n) is 11.5. The van der Waals surface area contributed by atoms with Crippen LogP contribution in [0.2, 0.25) is 0 Å². The van der Waals surface area contributed by atoms with Crippen LogP contribution in [0.4, 0.5) is 27.3 Å². The fourth-order valence-electron chi connectivity index (χ4n) is 5.05. The van der Waals surface area contributed by atoms with Crippen LogP contribution in [-0.2, 0) is 16.1 Å². The molecule has 1 aromatic carbocycles. The van der Waals surface area contributed by atoms with Gasteiger partial charge in [-0.05, 0) is 62.8 Å². The first-order chi connectivity index (χ1) is 15.7. The maximum atomic E-state index is 13.7. The largest absolute Gasteiger partial charge is 0.381 e. The molecule has 0 spiro atoms. The third-order valence-electron chi connectivity index (χ3n) is 6.84. The quantitative estimate of drug-likeness (QED) is 0.698. The number of rotatable bonds is 3. The molecule has 0 radical (unpaired) electrons. The summed E-state index contributed by atoms with van der Waals surface area (Å²) in [6.07, 6.45) is 8.25. The van der Waals surface area contributed by atoms with Gasteiger partial charge >= 0.3 is 0 Å². The molecule has 1 amide bonds. The predicted molar refractivity (Wildman–Crippen MR) is 128 cm³/mol. The number of pyridine rings is 1. The number of nitrogens with one attached hydrogen (secondary N) is 1. The van der Waals surface area contributed by atoms with Gasteiger partial charge in [-0.1, -0.05) is 6.07 Å². The molecule has 2 aliphatic heterocycles. The lowest BCUT2D eigenvalue weighted by molar-refractivity contribution is -0.124. The number of carbonyl (C=O) groups is 1. The normalized spacial score (nSPS) is 22.1. The molecule has 3 heterocycles. The Labute approximate surface area is 191 Å². The van der Waals surface area contributed by atoms with E-state index in [9.17, 15) is 9.18 Å². The third kappa shape index (κ3) is 4.58. The second-order valence-electron chi connectivity index (χ2n) is 8.67. The van der Waals surface area contributed by atoms with Gasteiger partial charge in [-0.25, -0.2) is 4.98 Å². The van der Waals surface area contributed by atoms with Gasteiger partial charge in [-0.2, -0.15) is 0 Å². The summed E-state index contributed by atoms with van der Waals surface area (Å²) in [6.45, 7) is 2.72. The van der Waals surface area contributed by atoms with Crippen LogP contribution in [0.1, 0.15) is 45.5 Å². The Hall–Kier alpha value is -2.67. The van der Waals surface area contributed by atoms with Gasteiger partial charge in [0.05, 0.1) is 31.2 Å². The van der Waals surface area contributed by atoms with E-state index in [0.29, 0.717) is 19.8 Å². The van der Waals surface area contributed by atoms with E-state index in [2.05, 4.69) is 39.5 Å². The van der Waals surface area contributed by atoms with Crippen molar-refractivity contribution in [2.24, 2.45) is 5.92 Å². The zero-order chi connectivity index (χ0) is 22.5. The molecular formula is C25H35FN4O2. The van der Waals surface area contributed by atoms with Crippen LogP contribution in [-0.4, -0.2) is 44.4 Å². The van der Waals surface area contributed by atoms with Crippen LogP contribution < -0.4 is 15.1 Å². The van der Waals surface area contributed by atoms with E-state index in [1.807, 2.05) is 11.0 Å². The molecule has 5 rings (SSSR count). The van der Waals surface area contributed by atoms with Crippen LogP contribution in [0.3, 0.4) is 0 Å². The summed E-state index contributed by atoms with van der Waals surface area (Å²) in [7, 11) is 2.27. The van der Waals surface area contributed by atoms with Crippen LogP contribution in [0.5, 0.6) is 0 Å². The summed E-state index contributed by atoms with van der Waals surface area (Å²) in [6, 6.07) is 10.5. The van der Waals surface area contributed by atoms with E-state index in [1.54, 1.807) is 13.3 Å². The topological polar surface area (TPSA) is 57.7 Å². The maximum Gasteiger partial charge on any atom is 0.230 e. The molecule has 1 saturated heterocycles. The molecule has 1 aromatic heterocycles. The standard InChI is InChI=1S/C24H30N4O2.CH3F.H2/c1-30-20-9-6-17(7-10-20)24(29)28-16-18-5-4-12-25-23(18)26-21-11-8-19(15-22(21)28)27-13-2-3-14-27;1-2;/h4-5,8,11-12,15,17,20H,2-3,6-7,9-10,13-14,16H2,1H3,(H,25,26);1H3;1H. The molecule has 2 fully saturated rings. The first kappa shape index (κ1) is 22.5. The number of benzene rings is 1. The molecular weight excluding hydrogens is 407 g/mol. The molecule has 6 nitrogen and oxygen atoms in total. The van der Waals surface area contributed by atoms with Gasteiger partial charge in [0.25, 0.3) is 0 Å². The molecule has 0 atom stereocenters. The number of methoxy groups -OCH3 is 1. The molecule has 174 valence electrons. The molecule has 0 unspecified atom stereocenters. The fourth-order valence-corrected chi connectivity index (χ4v) is 5.05. The predicted octanol–water partition coefficient (Wildman–Crippen LogP) is 5.31. The number of hydrogen-bond donors (Lipinski definition) is 1. The SMILES string of the molecule is CF.COC1CCC(C(=O)N2Cc3cccnc3Nc3ccc(N4CCCC4)cc32)CC1.[HH]. The highest BCUT2D eigenvalue weighted by Crippen LogP contribution is 2.40. The molecule has 1 saturated carbocycles. The lowest BCUT2D eigenvalue weighted by atomic mass is 9.86. The highest BCUT2D eigenvalue weighted by Gasteiger charge is 2.33. The number of fused-ring (bicyclic) bond motifs is 2. The smallest absolute Gasteiger partial charge is 0.230 e. The molecule has 0 bridgehead atoms. The fraction of sp³-hybridized carbons (Fsp3) is 0.520. The number of aromatic nitrogens is 1. The Balaban J connectivity index is 0.000000994. The van der Waals surface area contributed by atoms with E-state index in [4.69, 9.17) is 4.74 Å². The number of hydrogen-bond acceptors (Lipinski definition) is 5. The van der Waals surface area contributed by atoms with Gasteiger partial charge in [-0.15, -0.1) is 0 Å². The summed E-state index contributed by atoms with van der Waals surface area (Å²) < 4.78 is 15.0. The Bertz CT molecular complexity index is 930. The summed E-state index contributed by atoms with van der Waals surface area (Å²) in [5.41, 5.74) is 4.17. The van der Waals surface area contributed by atoms with Crippen LogP contribution in [0.25, 0.3) is 0 Å². The minimum Gasteiger partial charge on any atom is -0.381 e. The van der Waals surface area contributed by atoms with Crippen LogP contribution in [0, 0.1) is 5.92 Å².